The van der Waals surface area contributed by atoms with Crippen molar-refractivity contribution >= 4 is 0 Å². The summed E-state index contributed by atoms with van der Waals surface area (Å²) >= 11 is 0. The Morgan fingerprint density at radius 2 is 2.00 bits per heavy atom. The minimum atomic E-state index is 0.394. The lowest BCUT2D eigenvalue weighted by atomic mass is 10.00. The highest BCUT2D eigenvalue weighted by Gasteiger charge is 2.23. The van der Waals surface area contributed by atoms with Crippen LogP contribution in [0.2, 0.25) is 0 Å². The molecule has 2 atom stereocenters. The van der Waals surface area contributed by atoms with E-state index in [-0.39, 0.29) is 0 Å². The third kappa shape index (κ3) is 3.25. The SMILES string of the molecule is CNC1CCCN(C(C)c2ccc(OC)c(OC)c2)C1. The summed E-state index contributed by atoms with van der Waals surface area (Å²) in [5.41, 5.74) is 1.28. The molecule has 1 aliphatic heterocycles. The number of likely N-dealkylation sites (tertiary alicyclic amines) is 1. The van der Waals surface area contributed by atoms with E-state index in [1.54, 1.807) is 14.2 Å². The van der Waals surface area contributed by atoms with Crippen LogP contribution in [0, 0.1) is 0 Å². The minimum Gasteiger partial charge on any atom is -0.493 e. The first kappa shape index (κ1) is 15.1. The summed E-state index contributed by atoms with van der Waals surface area (Å²) in [7, 11) is 5.41. The predicted molar refractivity (Wildman–Crippen MR) is 81.6 cm³/mol. The third-order valence-electron chi connectivity index (χ3n) is 4.30. The Morgan fingerprint density at radius 3 is 2.65 bits per heavy atom. The zero-order chi connectivity index (χ0) is 14.5. The fraction of sp³-hybridized carbons (Fsp3) is 0.625. The second-order valence-electron chi connectivity index (χ2n) is 5.41. The van der Waals surface area contributed by atoms with Gasteiger partial charge in [0.2, 0.25) is 0 Å². The van der Waals surface area contributed by atoms with Gasteiger partial charge in [0.15, 0.2) is 11.5 Å². The molecular weight excluding hydrogens is 252 g/mol. The van der Waals surface area contributed by atoms with Crippen molar-refractivity contribution in [1.29, 1.82) is 0 Å². The Morgan fingerprint density at radius 1 is 1.25 bits per heavy atom. The minimum absolute atomic E-state index is 0.394. The number of piperidine rings is 1. The number of methoxy groups -OCH3 is 2. The van der Waals surface area contributed by atoms with Crippen molar-refractivity contribution in [3.05, 3.63) is 23.8 Å². The number of benzene rings is 1. The molecule has 1 N–H and O–H groups in total. The van der Waals surface area contributed by atoms with E-state index in [0.717, 1.165) is 24.6 Å². The summed E-state index contributed by atoms with van der Waals surface area (Å²) in [6, 6.07) is 7.21. The summed E-state index contributed by atoms with van der Waals surface area (Å²) in [5.74, 6) is 1.59. The van der Waals surface area contributed by atoms with Gasteiger partial charge in [-0.3, -0.25) is 4.90 Å². The summed E-state index contributed by atoms with van der Waals surface area (Å²) in [5, 5.41) is 3.39. The second kappa shape index (κ2) is 6.95. The van der Waals surface area contributed by atoms with Crippen LogP contribution in [0.1, 0.15) is 31.4 Å². The van der Waals surface area contributed by atoms with Gasteiger partial charge in [0, 0.05) is 18.6 Å². The normalized spacial score (nSPS) is 21.5. The van der Waals surface area contributed by atoms with Crippen molar-refractivity contribution in [3.8, 4) is 11.5 Å². The number of hydrogen-bond acceptors (Lipinski definition) is 4. The van der Waals surface area contributed by atoms with Crippen LogP contribution in [0.5, 0.6) is 11.5 Å². The first-order chi connectivity index (χ1) is 9.69. The lowest BCUT2D eigenvalue weighted by Gasteiger charge is -2.37. The Kier molecular flexibility index (Phi) is 5.26. The van der Waals surface area contributed by atoms with Crippen LogP contribution in [-0.2, 0) is 0 Å². The highest BCUT2D eigenvalue weighted by molar-refractivity contribution is 5.43. The molecule has 4 heteroatoms. The average molecular weight is 278 g/mol. The van der Waals surface area contributed by atoms with Crippen molar-refractivity contribution in [2.45, 2.75) is 31.8 Å². The molecule has 112 valence electrons. The van der Waals surface area contributed by atoms with Crippen molar-refractivity contribution in [3.63, 3.8) is 0 Å². The van der Waals surface area contributed by atoms with E-state index in [0.29, 0.717) is 12.1 Å². The molecule has 0 bridgehead atoms. The molecule has 2 rings (SSSR count). The van der Waals surface area contributed by atoms with E-state index < -0.39 is 0 Å². The number of nitrogens with one attached hydrogen (secondary N) is 1. The summed E-state index contributed by atoms with van der Waals surface area (Å²) in [4.78, 5) is 2.53. The molecule has 2 unspecified atom stereocenters. The zero-order valence-electron chi connectivity index (χ0n) is 13.0. The van der Waals surface area contributed by atoms with Gasteiger partial charge in [0.05, 0.1) is 14.2 Å². The predicted octanol–water partition coefficient (Wildman–Crippen LogP) is 2.45. The van der Waals surface area contributed by atoms with E-state index in [4.69, 9.17) is 9.47 Å². The van der Waals surface area contributed by atoms with Crippen molar-refractivity contribution in [2.75, 3.05) is 34.4 Å². The van der Waals surface area contributed by atoms with Gasteiger partial charge >= 0.3 is 0 Å². The maximum Gasteiger partial charge on any atom is 0.161 e. The van der Waals surface area contributed by atoms with Crippen LogP contribution in [0.15, 0.2) is 18.2 Å². The Hall–Kier alpha value is -1.26. The number of ether oxygens (including phenoxy) is 2. The molecular formula is C16H26N2O2. The molecule has 20 heavy (non-hydrogen) atoms. The highest BCUT2D eigenvalue weighted by atomic mass is 16.5. The molecule has 0 spiro atoms. The molecule has 1 fully saturated rings. The molecule has 1 aromatic rings. The van der Waals surface area contributed by atoms with Crippen LogP contribution in [-0.4, -0.2) is 45.3 Å². The monoisotopic (exact) mass is 278 g/mol. The van der Waals surface area contributed by atoms with Crippen LogP contribution in [0.4, 0.5) is 0 Å². The van der Waals surface area contributed by atoms with E-state index in [2.05, 4.69) is 36.3 Å². The first-order valence-electron chi connectivity index (χ1n) is 7.32. The molecule has 0 saturated carbocycles. The van der Waals surface area contributed by atoms with Gasteiger partial charge in [-0.1, -0.05) is 6.07 Å². The molecule has 0 amide bonds. The number of likely N-dealkylation sites (N-methyl/N-ethyl adjacent to an activating group) is 1. The molecule has 0 aromatic heterocycles. The van der Waals surface area contributed by atoms with Crippen molar-refractivity contribution in [1.82, 2.24) is 10.2 Å². The van der Waals surface area contributed by atoms with E-state index in [1.165, 1.54) is 18.4 Å². The van der Waals surface area contributed by atoms with Crippen LogP contribution < -0.4 is 14.8 Å². The summed E-state index contributed by atoms with van der Waals surface area (Å²) < 4.78 is 10.7. The van der Waals surface area contributed by atoms with Gasteiger partial charge < -0.3 is 14.8 Å². The largest absolute Gasteiger partial charge is 0.493 e. The second-order valence-corrected chi connectivity index (χ2v) is 5.41. The molecule has 0 aliphatic carbocycles. The number of nitrogens with zero attached hydrogens (tertiary/aromatic N) is 1. The number of rotatable bonds is 5. The quantitative estimate of drug-likeness (QED) is 0.897. The van der Waals surface area contributed by atoms with Crippen LogP contribution in [0.3, 0.4) is 0 Å². The Balaban J connectivity index is 2.13. The summed E-state index contributed by atoms with van der Waals surface area (Å²) in [6.07, 6.45) is 2.52. The third-order valence-corrected chi connectivity index (χ3v) is 4.30. The fourth-order valence-corrected chi connectivity index (χ4v) is 2.92. The van der Waals surface area contributed by atoms with E-state index in [9.17, 15) is 0 Å². The lowest BCUT2D eigenvalue weighted by Crippen LogP contribution is -2.45. The van der Waals surface area contributed by atoms with E-state index in [1.807, 2.05) is 6.07 Å². The van der Waals surface area contributed by atoms with Gasteiger partial charge in [-0.05, 0) is 51.1 Å². The van der Waals surface area contributed by atoms with E-state index >= 15 is 0 Å². The highest BCUT2D eigenvalue weighted by Crippen LogP contribution is 2.32. The standard InChI is InChI=1S/C16H26N2O2/c1-12(18-9-5-6-14(11-18)17-2)13-7-8-15(19-3)16(10-13)20-4/h7-8,10,12,14,17H,5-6,9,11H2,1-4H3. The topological polar surface area (TPSA) is 33.7 Å². The van der Waals surface area contributed by atoms with Crippen LogP contribution >= 0.6 is 0 Å². The maximum atomic E-state index is 5.40. The van der Waals surface area contributed by atoms with Gasteiger partial charge in [0.1, 0.15) is 0 Å². The van der Waals surface area contributed by atoms with Crippen molar-refractivity contribution in [2.24, 2.45) is 0 Å². The Labute approximate surface area is 122 Å². The molecule has 4 nitrogen and oxygen atoms in total. The smallest absolute Gasteiger partial charge is 0.161 e. The lowest BCUT2D eigenvalue weighted by molar-refractivity contribution is 0.149. The summed E-state index contributed by atoms with van der Waals surface area (Å²) in [6.45, 7) is 4.53. The Bertz CT molecular complexity index is 436. The molecule has 1 heterocycles. The zero-order valence-corrected chi connectivity index (χ0v) is 13.0. The molecule has 1 saturated heterocycles. The maximum absolute atomic E-state index is 5.40. The molecule has 0 radical (unpaired) electrons. The van der Waals surface area contributed by atoms with Gasteiger partial charge in [0.25, 0.3) is 0 Å². The van der Waals surface area contributed by atoms with Crippen molar-refractivity contribution < 1.29 is 9.47 Å². The van der Waals surface area contributed by atoms with Crippen LogP contribution in [0.25, 0.3) is 0 Å². The first-order valence-corrected chi connectivity index (χ1v) is 7.32. The van der Waals surface area contributed by atoms with Gasteiger partial charge in [-0.2, -0.15) is 0 Å². The molecule has 1 aromatic carbocycles. The average Bonchev–Trinajstić information content (AvgIpc) is 2.53. The molecule has 1 aliphatic rings. The fourth-order valence-electron chi connectivity index (χ4n) is 2.92. The number of hydrogen-bond donors (Lipinski definition) is 1. The van der Waals surface area contributed by atoms with Gasteiger partial charge in [-0.25, -0.2) is 0 Å². The van der Waals surface area contributed by atoms with Gasteiger partial charge in [-0.15, -0.1) is 0 Å².